The van der Waals surface area contributed by atoms with E-state index in [0.29, 0.717) is 6.61 Å². The van der Waals surface area contributed by atoms with Crippen LogP contribution in [0, 0.1) is 0 Å². The molecule has 0 aromatic carbocycles. The molecule has 3 N–H and O–H groups in total. The van der Waals surface area contributed by atoms with Gasteiger partial charge in [0, 0.05) is 6.61 Å². The number of rotatable bonds is 13. The van der Waals surface area contributed by atoms with E-state index >= 15 is 0 Å². The monoisotopic (exact) mass is 330 g/mol. The molecular weight excluding hydrogens is 296 g/mol. The van der Waals surface area contributed by atoms with Crippen molar-refractivity contribution >= 4 is 0 Å². The Hall–Kier alpha value is -0.460. The maximum absolute atomic E-state index is 9.98. The van der Waals surface area contributed by atoms with Crippen molar-refractivity contribution in [1.29, 1.82) is 0 Å². The molecule has 1 fully saturated rings. The summed E-state index contributed by atoms with van der Waals surface area (Å²) in [6.07, 6.45) is 10.9. The summed E-state index contributed by atoms with van der Waals surface area (Å²) in [6.45, 7) is 2.62. The van der Waals surface area contributed by atoms with E-state index < -0.39 is 31.0 Å². The van der Waals surface area contributed by atoms with E-state index in [1.165, 1.54) is 32.1 Å². The summed E-state index contributed by atoms with van der Waals surface area (Å²) in [5.41, 5.74) is 0. The molecule has 1 aliphatic heterocycles. The molecule has 0 saturated carbocycles. The maximum Gasteiger partial charge on any atom is 0.114 e. The minimum atomic E-state index is -1.05. The van der Waals surface area contributed by atoms with Gasteiger partial charge in [0.15, 0.2) is 0 Å². The van der Waals surface area contributed by atoms with Gasteiger partial charge >= 0.3 is 0 Å². The third-order valence-corrected chi connectivity index (χ3v) is 4.24. The van der Waals surface area contributed by atoms with Crippen LogP contribution in [0.15, 0.2) is 12.2 Å². The van der Waals surface area contributed by atoms with E-state index in [0.717, 1.165) is 19.3 Å². The standard InChI is InChI=1S/C18H34O5/c1-2-3-4-5-6-7-8-9-10-11-12-22-16-14-23-18(17(16)21)15(20)13-19/h3-4,15-21H,2,5-14H2,1H3/b4-3+/t15-,16+,17-,18-/m0/s1. The molecule has 0 aromatic heterocycles. The second-order valence-electron chi connectivity index (χ2n) is 6.24. The number of ether oxygens (including phenoxy) is 2. The lowest BCUT2D eigenvalue weighted by Gasteiger charge is -2.20. The number of aliphatic hydroxyl groups is 3. The Labute approximate surface area is 140 Å². The third kappa shape index (κ3) is 8.27. The number of unbranched alkanes of at least 4 members (excludes halogenated alkanes) is 6. The largest absolute Gasteiger partial charge is 0.394 e. The molecule has 0 bridgehead atoms. The van der Waals surface area contributed by atoms with Crippen molar-refractivity contribution in [2.24, 2.45) is 0 Å². The molecule has 5 nitrogen and oxygen atoms in total. The summed E-state index contributed by atoms with van der Waals surface area (Å²) < 4.78 is 10.9. The summed E-state index contributed by atoms with van der Waals surface area (Å²) in [7, 11) is 0. The molecule has 0 amide bonds. The predicted octanol–water partition coefficient (Wildman–Crippen LogP) is 2.18. The molecular formula is C18H34O5. The zero-order valence-corrected chi connectivity index (χ0v) is 14.4. The van der Waals surface area contributed by atoms with Gasteiger partial charge in [0.05, 0.1) is 13.2 Å². The van der Waals surface area contributed by atoms with Crippen molar-refractivity contribution in [2.75, 3.05) is 19.8 Å². The van der Waals surface area contributed by atoms with Crippen LogP contribution in [0.2, 0.25) is 0 Å². The van der Waals surface area contributed by atoms with Crippen LogP contribution in [0.5, 0.6) is 0 Å². The van der Waals surface area contributed by atoms with Crippen LogP contribution >= 0.6 is 0 Å². The molecule has 0 aliphatic carbocycles. The lowest BCUT2D eigenvalue weighted by Crippen LogP contribution is -2.41. The number of hydrogen-bond acceptors (Lipinski definition) is 5. The van der Waals surface area contributed by atoms with Crippen molar-refractivity contribution in [2.45, 2.75) is 82.7 Å². The van der Waals surface area contributed by atoms with Crippen molar-refractivity contribution in [1.82, 2.24) is 0 Å². The lowest BCUT2D eigenvalue weighted by molar-refractivity contribution is -0.0730. The van der Waals surface area contributed by atoms with Gasteiger partial charge in [-0.25, -0.2) is 0 Å². The minimum Gasteiger partial charge on any atom is -0.394 e. The van der Waals surface area contributed by atoms with E-state index in [-0.39, 0.29) is 6.61 Å². The molecule has 0 spiro atoms. The van der Waals surface area contributed by atoms with Crippen LogP contribution in [-0.2, 0) is 9.47 Å². The van der Waals surface area contributed by atoms with Gasteiger partial charge in [-0.15, -0.1) is 0 Å². The predicted molar refractivity (Wildman–Crippen MR) is 90.3 cm³/mol. The topological polar surface area (TPSA) is 79.2 Å². The first-order valence-corrected chi connectivity index (χ1v) is 9.05. The van der Waals surface area contributed by atoms with Gasteiger partial charge in [-0.3, -0.25) is 0 Å². The normalized spacial score (nSPS) is 26.2. The van der Waals surface area contributed by atoms with Gasteiger partial charge in [0.25, 0.3) is 0 Å². The SMILES string of the molecule is CC/C=C/CCCCCCCCO[C@@H]1CO[C@@H]([C@@H](O)CO)[C@H]1O. The highest BCUT2D eigenvalue weighted by Crippen LogP contribution is 2.20. The highest BCUT2D eigenvalue weighted by molar-refractivity contribution is 4.88. The average Bonchev–Trinajstić information content (AvgIpc) is 2.93. The molecule has 0 aromatic rings. The zero-order chi connectivity index (χ0) is 16.9. The molecule has 136 valence electrons. The Morgan fingerprint density at radius 1 is 1.13 bits per heavy atom. The second kappa shape index (κ2) is 12.9. The van der Waals surface area contributed by atoms with Crippen LogP contribution in [0.4, 0.5) is 0 Å². The first-order chi connectivity index (χ1) is 11.2. The summed E-state index contributed by atoms with van der Waals surface area (Å²) >= 11 is 0. The summed E-state index contributed by atoms with van der Waals surface area (Å²) in [5, 5.41) is 28.4. The molecule has 1 heterocycles. The average molecular weight is 330 g/mol. The molecule has 1 saturated heterocycles. The van der Waals surface area contributed by atoms with Gasteiger partial charge in [-0.05, 0) is 25.7 Å². The lowest BCUT2D eigenvalue weighted by atomic mass is 10.1. The van der Waals surface area contributed by atoms with Crippen LogP contribution < -0.4 is 0 Å². The third-order valence-electron chi connectivity index (χ3n) is 4.24. The smallest absolute Gasteiger partial charge is 0.114 e. The van der Waals surface area contributed by atoms with E-state index in [1.54, 1.807) is 0 Å². The van der Waals surface area contributed by atoms with Crippen LogP contribution in [-0.4, -0.2) is 59.6 Å². The maximum atomic E-state index is 9.98. The fraction of sp³-hybridized carbons (Fsp3) is 0.889. The van der Waals surface area contributed by atoms with E-state index in [9.17, 15) is 10.2 Å². The van der Waals surface area contributed by atoms with Crippen molar-refractivity contribution < 1.29 is 24.8 Å². The van der Waals surface area contributed by atoms with Gasteiger partial charge in [0.1, 0.15) is 24.4 Å². The van der Waals surface area contributed by atoms with E-state index in [1.807, 2.05) is 0 Å². The Morgan fingerprint density at radius 3 is 2.52 bits per heavy atom. The molecule has 0 radical (unpaired) electrons. The number of hydrogen-bond donors (Lipinski definition) is 3. The first-order valence-electron chi connectivity index (χ1n) is 9.05. The molecule has 0 unspecified atom stereocenters. The number of aliphatic hydroxyl groups excluding tert-OH is 3. The molecule has 23 heavy (non-hydrogen) atoms. The van der Waals surface area contributed by atoms with Gasteiger partial charge in [-0.1, -0.05) is 44.8 Å². The summed E-state index contributed by atoms with van der Waals surface area (Å²) in [6, 6.07) is 0. The number of allylic oxidation sites excluding steroid dienone is 2. The summed E-state index contributed by atoms with van der Waals surface area (Å²) in [4.78, 5) is 0. The molecule has 4 atom stereocenters. The van der Waals surface area contributed by atoms with Gasteiger partial charge in [0.2, 0.25) is 0 Å². The van der Waals surface area contributed by atoms with Crippen LogP contribution in [0.3, 0.4) is 0 Å². The molecule has 1 aliphatic rings. The minimum absolute atomic E-state index is 0.272. The summed E-state index contributed by atoms with van der Waals surface area (Å²) in [5.74, 6) is 0. The highest BCUT2D eigenvalue weighted by atomic mass is 16.6. The Bertz CT molecular complexity index is 308. The van der Waals surface area contributed by atoms with Crippen molar-refractivity contribution in [3.63, 3.8) is 0 Å². The quantitative estimate of drug-likeness (QED) is 0.356. The highest BCUT2D eigenvalue weighted by Gasteiger charge is 2.40. The van der Waals surface area contributed by atoms with Crippen molar-refractivity contribution in [3.05, 3.63) is 12.2 Å². The fourth-order valence-electron chi connectivity index (χ4n) is 2.79. The second-order valence-corrected chi connectivity index (χ2v) is 6.24. The van der Waals surface area contributed by atoms with Crippen LogP contribution in [0.1, 0.15) is 58.3 Å². The van der Waals surface area contributed by atoms with E-state index in [2.05, 4.69) is 19.1 Å². The Morgan fingerprint density at radius 2 is 1.83 bits per heavy atom. The zero-order valence-electron chi connectivity index (χ0n) is 14.4. The van der Waals surface area contributed by atoms with Crippen LogP contribution in [0.25, 0.3) is 0 Å². The first kappa shape index (κ1) is 20.6. The van der Waals surface area contributed by atoms with E-state index in [4.69, 9.17) is 14.6 Å². The van der Waals surface area contributed by atoms with Gasteiger partial charge in [-0.2, -0.15) is 0 Å². The van der Waals surface area contributed by atoms with Gasteiger partial charge < -0.3 is 24.8 Å². The van der Waals surface area contributed by atoms with Crippen molar-refractivity contribution in [3.8, 4) is 0 Å². The molecule has 5 heteroatoms. The molecule has 1 rings (SSSR count). The Kier molecular flexibility index (Phi) is 11.5. The Balaban J connectivity index is 1.94. The fourth-order valence-corrected chi connectivity index (χ4v) is 2.79.